The molecule has 0 radical (unpaired) electrons. The molecule has 0 amide bonds. The molecule has 2 N–H and O–H groups in total. The van der Waals surface area contributed by atoms with E-state index in [-0.39, 0.29) is 0 Å². The average molecular weight is 374 g/mol. The lowest BCUT2D eigenvalue weighted by Gasteiger charge is -2.28. The summed E-state index contributed by atoms with van der Waals surface area (Å²) in [6, 6.07) is 18.8. The third-order valence-electron chi connectivity index (χ3n) is 4.97. The minimum atomic E-state index is 0.496. The minimum absolute atomic E-state index is 0.496. The Balaban J connectivity index is 1.32. The van der Waals surface area contributed by atoms with E-state index in [0.717, 1.165) is 37.6 Å². The van der Waals surface area contributed by atoms with E-state index in [1.165, 1.54) is 30.5 Å². The largest absolute Gasteiger partial charge is 0.372 e. The maximum atomic E-state index is 4.51. The molecule has 1 aliphatic heterocycles. The molecule has 4 rings (SSSR count). The molecule has 1 saturated heterocycles. The van der Waals surface area contributed by atoms with E-state index in [4.69, 9.17) is 0 Å². The van der Waals surface area contributed by atoms with E-state index >= 15 is 0 Å². The van der Waals surface area contributed by atoms with Crippen molar-refractivity contribution in [3.8, 4) is 0 Å². The van der Waals surface area contributed by atoms with Gasteiger partial charge in [-0.15, -0.1) is 5.10 Å². The van der Waals surface area contributed by atoms with Crippen LogP contribution in [0.3, 0.4) is 0 Å². The van der Waals surface area contributed by atoms with Gasteiger partial charge in [0.15, 0.2) is 5.82 Å². The topological polar surface area (TPSA) is 66.0 Å². The maximum absolute atomic E-state index is 4.51. The number of hydrogen-bond donors (Lipinski definition) is 2. The molecule has 2 aromatic carbocycles. The molecule has 6 nitrogen and oxygen atoms in total. The SMILES string of the molecule is c1ccc(CCNc2cnnc(Nc3ccc(N4CCCCC4)cc3)n2)cc1. The third kappa shape index (κ3) is 4.97. The van der Waals surface area contributed by atoms with Crippen LogP contribution in [-0.2, 0) is 6.42 Å². The number of aromatic nitrogens is 3. The summed E-state index contributed by atoms with van der Waals surface area (Å²) < 4.78 is 0. The van der Waals surface area contributed by atoms with Crippen LogP contribution in [0, 0.1) is 0 Å². The number of hydrogen-bond acceptors (Lipinski definition) is 6. The summed E-state index contributed by atoms with van der Waals surface area (Å²) in [7, 11) is 0. The predicted molar refractivity (Wildman–Crippen MR) is 114 cm³/mol. The number of nitrogens with zero attached hydrogens (tertiary/aromatic N) is 4. The molecular weight excluding hydrogens is 348 g/mol. The average Bonchev–Trinajstić information content (AvgIpc) is 2.76. The lowest BCUT2D eigenvalue weighted by Crippen LogP contribution is -2.29. The fourth-order valence-corrected chi connectivity index (χ4v) is 3.46. The molecule has 3 aromatic rings. The van der Waals surface area contributed by atoms with E-state index < -0.39 is 0 Å². The highest BCUT2D eigenvalue weighted by molar-refractivity contribution is 5.59. The fraction of sp³-hybridized carbons (Fsp3) is 0.318. The van der Waals surface area contributed by atoms with Gasteiger partial charge in [-0.2, -0.15) is 10.1 Å². The van der Waals surface area contributed by atoms with Crippen LogP contribution in [-0.4, -0.2) is 34.8 Å². The quantitative estimate of drug-likeness (QED) is 0.644. The molecule has 0 spiro atoms. The van der Waals surface area contributed by atoms with Gasteiger partial charge in [0, 0.05) is 31.0 Å². The zero-order chi connectivity index (χ0) is 19.0. The van der Waals surface area contributed by atoms with Crippen molar-refractivity contribution in [1.82, 2.24) is 15.2 Å². The normalized spacial score (nSPS) is 13.9. The standard InChI is InChI=1S/C22H26N6/c1-3-7-18(8-4-1)13-14-23-21-17-24-27-22(26-21)25-19-9-11-20(12-10-19)28-15-5-2-6-16-28/h1,3-4,7-12,17H,2,5-6,13-16H2,(H2,23,25,26,27). The monoisotopic (exact) mass is 374 g/mol. The van der Waals surface area contributed by atoms with Gasteiger partial charge in [0.05, 0.1) is 6.20 Å². The maximum Gasteiger partial charge on any atom is 0.249 e. The summed E-state index contributed by atoms with van der Waals surface area (Å²) in [5, 5.41) is 14.7. The number of anilines is 4. The number of nitrogens with one attached hydrogen (secondary N) is 2. The van der Waals surface area contributed by atoms with Gasteiger partial charge in [0.2, 0.25) is 5.95 Å². The summed E-state index contributed by atoms with van der Waals surface area (Å²) >= 11 is 0. The van der Waals surface area contributed by atoms with Crippen molar-refractivity contribution in [3.63, 3.8) is 0 Å². The Kier molecular flexibility index (Phi) is 5.97. The van der Waals surface area contributed by atoms with Crippen molar-refractivity contribution in [2.75, 3.05) is 35.2 Å². The summed E-state index contributed by atoms with van der Waals surface area (Å²) in [5.41, 5.74) is 3.54. The molecule has 2 heterocycles. The molecule has 1 aromatic heterocycles. The van der Waals surface area contributed by atoms with Crippen LogP contribution in [0.15, 0.2) is 60.8 Å². The lowest BCUT2D eigenvalue weighted by molar-refractivity contribution is 0.578. The molecule has 1 fully saturated rings. The van der Waals surface area contributed by atoms with Gasteiger partial charge in [-0.3, -0.25) is 0 Å². The van der Waals surface area contributed by atoms with Gasteiger partial charge in [-0.05, 0) is 55.5 Å². The van der Waals surface area contributed by atoms with E-state index in [1.54, 1.807) is 6.20 Å². The highest BCUT2D eigenvalue weighted by atomic mass is 15.3. The highest BCUT2D eigenvalue weighted by Gasteiger charge is 2.10. The van der Waals surface area contributed by atoms with Crippen LogP contribution < -0.4 is 15.5 Å². The van der Waals surface area contributed by atoms with Crippen LogP contribution in [0.4, 0.5) is 23.1 Å². The van der Waals surface area contributed by atoms with Gasteiger partial charge in [0.1, 0.15) is 0 Å². The number of benzene rings is 2. The Labute approximate surface area is 166 Å². The fourth-order valence-electron chi connectivity index (χ4n) is 3.46. The van der Waals surface area contributed by atoms with Gasteiger partial charge in [-0.1, -0.05) is 30.3 Å². The van der Waals surface area contributed by atoms with Gasteiger partial charge in [-0.25, -0.2) is 0 Å². The Morgan fingerprint density at radius 2 is 1.68 bits per heavy atom. The predicted octanol–water partition coefficient (Wildman–Crippen LogP) is 4.26. The zero-order valence-corrected chi connectivity index (χ0v) is 16.0. The van der Waals surface area contributed by atoms with E-state index in [9.17, 15) is 0 Å². The number of rotatable bonds is 7. The number of piperidine rings is 1. The first-order valence-corrected chi connectivity index (χ1v) is 9.96. The molecule has 0 saturated carbocycles. The van der Waals surface area contributed by atoms with Crippen LogP contribution in [0.2, 0.25) is 0 Å². The van der Waals surface area contributed by atoms with Crippen molar-refractivity contribution in [1.29, 1.82) is 0 Å². The Morgan fingerprint density at radius 3 is 2.46 bits per heavy atom. The van der Waals surface area contributed by atoms with E-state index in [1.807, 2.05) is 6.07 Å². The lowest BCUT2D eigenvalue weighted by atomic mass is 10.1. The summed E-state index contributed by atoms with van der Waals surface area (Å²) in [4.78, 5) is 6.95. The molecule has 0 atom stereocenters. The van der Waals surface area contributed by atoms with E-state index in [2.05, 4.69) is 79.2 Å². The molecule has 28 heavy (non-hydrogen) atoms. The second-order valence-electron chi connectivity index (χ2n) is 7.05. The molecule has 6 heteroatoms. The van der Waals surface area contributed by atoms with Crippen molar-refractivity contribution >= 4 is 23.1 Å². The summed E-state index contributed by atoms with van der Waals surface area (Å²) in [6.45, 7) is 3.10. The molecule has 0 unspecified atom stereocenters. The third-order valence-corrected chi connectivity index (χ3v) is 4.97. The first-order valence-electron chi connectivity index (χ1n) is 9.96. The van der Waals surface area contributed by atoms with Crippen LogP contribution in [0.5, 0.6) is 0 Å². The smallest absolute Gasteiger partial charge is 0.249 e. The van der Waals surface area contributed by atoms with Crippen LogP contribution in [0.25, 0.3) is 0 Å². The molecule has 144 valence electrons. The van der Waals surface area contributed by atoms with Crippen molar-refractivity contribution in [2.24, 2.45) is 0 Å². The summed E-state index contributed by atoms with van der Waals surface area (Å²) in [5.74, 6) is 1.22. The first-order chi connectivity index (χ1) is 13.9. The summed E-state index contributed by atoms with van der Waals surface area (Å²) in [6.07, 6.45) is 6.49. The van der Waals surface area contributed by atoms with E-state index in [0.29, 0.717) is 5.95 Å². The second-order valence-corrected chi connectivity index (χ2v) is 7.05. The molecule has 0 bridgehead atoms. The van der Waals surface area contributed by atoms with Gasteiger partial charge >= 0.3 is 0 Å². The van der Waals surface area contributed by atoms with Crippen molar-refractivity contribution in [3.05, 3.63) is 66.4 Å². The van der Waals surface area contributed by atoms with Crippen molar-refractivity contribution < 1.29 is 0 Å². The van der Waals surface area contributed by atoms with Gasteiger partial charge in [0.25, 0.3) is 0 Å². The molecule has 1 aliphatic rings. The Bertz CT molecular complexity index is 860. The zero-order valence-electron chi connectivity index (χ0n) is 16.0. The molecular formula is C22H26N6. The molecule has 0 aliphatic carbocycles. The van der Waals surface area contributed by atoms with Gasteiger partial charge < -0.3 is 15.5 Å². The highest BCUT2D eigenvalue weighted by Crippen LogP contribution is 2.23. The van der Waals surface area contributed by atoms with Crippen molar-refractivity contribution in [2.45, 2.75) is 25.7 Å². The second kappa shape index (κ2) is 9.17. The van der Waals surface area contributed by atoms with Crippen LogP contribution in [0.1, 0.15) is 24.8 Å². The minimum Gasteiger partial charge on any atom is -0.372 e. The first kappa shape index (κ1) is 18.2. The van der Waals surface area contributed by atoms with Crippen LogP contribution >= 0.6 is 0 Å². The Morgan fingerprint density at radius 1 is 0.893 bits per heavy atom. The Hall–Kier alpha value is -3.15.